The second kappa shape index (κ2) is 10.5. The average Bonchev–Trinajstić information content (AvgIpc) is 3.32. The van der Waals surface area contributed by atoms with Gasteiger partial charge in [-0.15, -0.1) is 0 Å². The predicted molar refractivity (Wildman–Crippen MR) is 140 cm³/mol. The zero-order valence-corrected chi connectivity index (χ0v) is 20.8. The molecule has 3 aromatic carbocycles. The summed E-state index contributed by atoms with van der Waals surface area (Å²) in [5, 5.41) is 11.5. The number of alkyl halides is 3. The molecule has 0 unspecified atom stereocenters. The summed E-state index contributed by atoms with van der Waals surface area (Å²) in [6.45, 7) is 0.391. The molecule has 1 aliphatic heterocycles. The third-order valence-corrected chi connectivity index (χ3v) is 7.72. The topological polar surface area (TPSA) is 69.6 Å². The summed E-state index contributed by atoms with van der Waals surface area (Å²) >= 11 is 0. The number of carboxylic acids is 1. The molecule has 0 saturated heterocycles. The fourth-order valence-corrected chi connectivity index (χ4v) is 5.71. The van der Waals surface area contributed by atoms with Crippen LogP contribution in [-0.4, -0.2) is 23.7 Å². The SMILES string of the molecule is O=C(O)CC1CCC(c2ccc(-c3ccc4c(c3)CCN4C(=O)Nc3ccccc3C(F)(F)F)cc2)CC1. The summed E-state index contributed by atoms with van der Waals surface area (Å²) in [5.41, 5.74) is 3.88. The van der Waals surface area contributed by atoms with Crippen molar-refractivity contribution in [1.82, 2.24) is 0 Å². The molecular formula is C30H29F3N2O3. The highest BCUT2D eigenvalue weighted by Crippen LogP contribution is 2.39. The van der Waals surface area contributed by atoms with E-state index in [0.717, 1.165) is 48.4 Å². The van der Waals surface area contributed by atoms with Gasteiger partial charge in [0.1, 0.15) is 0 Å². The quantitative estimate of drug-likeness (QED) is 0.361. The van der Waals surface area contributed by atoms with Crippen molar-refractivity contribution in [3.05, 3.63) is 83.4 Å². The Kier molecular flexibility index (Phi) is 7.15. The number of amides is 2. The van der Waals surface area contributed by atoms with Crippen molar-refractivity contribution in [3.8, 4) is 11.1 Å². The molecule has 1 heterocycles. The van der Waals surface area contributed by atoms with Crippen LogP contribution in [0.5, 0.6) is 0 Å². The Morgan fingerprint density at radius 1 is 0.921 bits per heavy atom. The van der Waals surface area contributed by atoms with Gasteiger partial charge in [0.05, 0.1) is 11.3 Å². The Balaban J connectivity index is 1.26. The van der Waals surface area contributed by atoms with Gasteiger partial charge in [-0.3, -0.25) is 9.69 Å². The minimum Gasteiger partial charge on any atom is -0.481 e. The van der Waals surface area contributed by atoms with Crippen LogP contribution in [0.4, 0.5) is 29.3 Å². The number of aliphatic carboxylic acids is 1. The van der Waals surface area contributed by atoms with Crippen molar-refractivity contribution >= 4 is 23.4 Å². The molecule has 8 heteroatoms. The van der Waals surface area contributed by atoms with Crippen LogP contribution in [0.15, 0.2) is 66.7 Å². The molecule has 1 saturated carbocycles. The lowest BCUT2D eigenvalue weighted by Crippen LogP contribution is -2.34. The van der Waals surface area contributed by atoms with Crippen molar-refractivity contribution in [2.24, 2.45) is 5.92 Å². The van der Waals surface area contributed by atoms with Gasteiger partial charge in [0.25, 0.3) is 0 Å². The Hall–Kier alpha value is -3.81. The third kappa shape index (κ3) is 5.54. The molecule has 198 valence electrons. The van der Waals surface area contributed by atoms with E-state index in [4.69, 9.17) is 5.11 Å². The summed E-state index contributed by atoms with van der Waals surface area (Å²) in [5.74, 6) is 0.00168. The Morgan fingerprint density at radius 3 is 2.29 bits per heavy atom. The largest absolute Gasteiger partial charge is 0.481 e. The Bertz CT molecular complexity index is 1330. The van der Waals surface area contributed by atoms with Crippen LogP contribution in [0, 0.1) is 5.92 Å². The van der Waals surface area contributed by atoms with Gasteiger partial charge in [0.15, 0.2) is 0 Å². The number of urea groups is 1. The number of para-hydroxylation sites is 1. The zero-order chi connectivity index (χ0) is 26.9. The first-order valence-corrected chi connectivity index (χ1v) is 12.9. The number of nitrogens with one attached hydrogen (secondary N) is 1. The molecule has 0 bridgehead atoms. The first kappa shape index (κ1) is 25.8. The lowest BCUT2D eigenvalue weighted by Gasteiger charge is -2.28. The third-order valence-electron chi connectivity index (χ3n) is 7.72. The lowest BCUT2D eigenvalue weighted by atomic mass is 9.77. The highest BCUT2D eigenvalue weighted by molar-refractivity contribution is 6.03. The van der Waals surface area contributed by atoms with E-state index in [1.807, 2.05) is 18.2 Å². The van der Waals surface area contributed by atoms with Crippen molar-refractivity contribution < 1.29 is 27.9 Å². The number of carbonyl (C=O) groups is 2. The van der Waals surface area contributed by atoms with Crippen LogP contribution in [0.1, 0.15) is 54.7 Å². The summed E-state index contributed by atoms with van der Waals surface area (Å²) in [6.07, 6.45) is 0.198. The van der Waals surface area contributed by atoms with Crippen LogP contribution < -0.4 is 10.2 Å². The number of rotatable bonds is 5. The molecule has 38 heavy (non-hydrogen) atoms. The fourth-order valence-electron chi connectivity index (χ4n) is 5.71. The maximum Gasteiger partial charge on any atom is 0.418 e. The minimum absolute atomic E-state index is 0.254. The van der Waals surface area contributed by atoms with E-state index in [9.17, 15) is 22.8 Å². The summed E-state index contributed by atoms with van der Waals surface area (Å²) < 4.78 is 40.0. The van der Waals surface area contributed by atoms with E-state index < -0.39 is 23.7 Å². The Morgan fingerprint density at radius 2 is 1.61 bits per heavy atom. The number of halogens is 3. The van der Waals surface area contributed by atoms with Gasteiger partial charge >= 0.3 is 18.2 Å². The van der Waals surface area contributed by atoms with Gasteiger partial charge in [-0.1, -0.05) is 42.5 Å². The molecule has 0 aromatic heterocycles. The maximum absolute atomic E-state index is 13.3. The van der Waals surface area contributed by atoms with Crippen molar-refractivity contribution in [3.63, 3.8) is 0 Å². The molecule has 0 radical (unpaired) electrons. The van der Waals surface area contributed by atoms with Crippen LogP contribution in [0.25, 0.3) is 11.1 Å². The molecule has 1 aliphatic carbocycles. The summed E-state index contributed by atoms with van der Waals surface area (Å²) in [7, 11) is 0. The highest BCUT2D eigenvalue weighted by Gasteiger charge is 2.34. The number of carboxylic acid groups (broad SMARTS) is 1. The van der Waals surface area contributed by atoms with E-state index in [1.54, 1.807) is 0 Å². The minimum atomic E-state index is -4.56. The molecule has 0 atom stereocenters. The second-order valence-electron chi connectivity index (χ2n) is 10.2. The molecule has 5 nitrogen and oxygen atoms in total. The molecular weight excluding hydrogens is 493 g/mol. The number of hydrogen-bond acceptors (Lipinski definition) is 2. The average molecular weight is 523 g/mol. The van der Waals surface area contributed by atoms with E-state index in [1.165, 1.54) is 28.7 Å². The monoisotopic (exact) mass is 522 g/mol. The van der Waals surface area contributed by atoms with Crippen molar-refractivity contribution in [2.45, 2.75) is 50.6 Å². The molecule has 2 aliphatic rings. The Labute approximate surface area is 219 Å². The standard InChI is InChI=1S/C30H29F3N2O3/c31-30(32,33)25-3-1-2-4-26(25)34-29(38)35-16-15-24-18-23(13-14-27(24)35)22-11-9-21(10-12-22)20-7-5-19(6-8-20)17-28(36)37/h1-4,9-14,18-20H,5-8,15-17H2,(H,34,38)(H,36,37). The van der Waals surface area contributed by atoms with E-state index in [-0.39, 0.29) is 18.0 Å². The van der Waals surface area contributed by atoms with Gasteiger partial charge in [-0.25, -0.2) is 4.79 Å². The van der Waals surface area contributed by atoms with Crippen LogP contribution in [0.2, 0.25) is 0 Å². The zero-order valence-electron chi connectivity index (χ0n) is 20.8. The number of carbonyl (C=O) groups excluding carboxylic acids is 1. The van der Waals surface area contributed by atoms with Gasteiger partial charge in [0, 0.05) is 18.7 Å². The number of hydrogen-bond donors (Lipinski definition) is 2. The predicted octanol–water partition coefficient (Wildman–Crippen LogP) is 7.72. The molecule has 3 aromatic rings. The number of fused-ring (bicyclic) bond motifs is 1. The van der Waals surface area contributed by atoms with Crippen molar-refractivity contribution in [1.29, 1.82) is 0 Å². The smallest absolute Gasteiger partial charge is 0.418 e. The lowest BCUT2D eigenvalue weighted by molar-refractivity contribution is -0.138. The van der Waals surface area contributed by atoms with Gasteiger partial charge in [-0.05, 0) is 90.5 Å². The van der Waals surface area contributed by atoms with Crippen LogP contribution >= 0.6 is 0 Å². The van der Waals surface area contributed by atoms with E-state index in [2.05, 4.69) is 29.6 Å². The van der Waals surface area contributed by atoms with E-state index in [0.29, 0.717) is 24.6 Å². The number of anilines is 2. The fraction of sp³-hybridized carbons (Fsp3) is 0.333. The molecule has 2 N–H and O–H groups in total. The first-order valence-electron chi connectivity index (χ1n) is 12.9. The molecule has 1 fully saturated rings. The summed E-state index contributed by atoms with van der Waals surface area (Å²) in [4.78, 5) is 25.3. The van der Waals surface area contributed by atoms with Gasteiger partial charge < -0.3 is 10.4 Å². The van der Waals surface area contributed by atoms with Crippen LogP contribution in [-0.2, 0) is 17.4 Å². The van der Waals surface area contributed by atoms with Gasteiger partial charge in [-0.2, -0.15) is 13.2 Å². The normalized spacial score (nSPS) is 19.2. The second-order valence-corrected chi connectivity index (χ2v) is 10.2. The van der Waals surface area contributed by atoms with E-state index >= 15 is 0 Å². The van der Waals surface area contributed by atoms with Crippen molar-refractivity contribution in [2.75, 3.05) is 16.8 Å². The molecule has 2 amide bonds. The maximum atomic E-state index is 13.3. The highest BCUT2D eigenvalue weighted by atomic mass is 19.4. The first-order chi connectivity index (χ1) is 18.2. The molecule has 0 spiro atoms. The number of benzene rings is 3. The van der Waals surface area contributed by atoms with Crippen LogP contribution in [0.3, 0.4) is 0 Å². The summed E-state index contributed by atoms with van der Waals surface area (Å²) in [6, 6.07) is 18.7. The molecule has 5 rings (SSSR count). The van der Waals surface area contributed by atoms with Gasteiger partial charge in [0.2, 0.25) is 0 Å². The number of nitrogens with zero attached hydrogens (tertiary/aromatic N) is 1.